The zero-order valence-electron chi connectivity index (χ0n) is 19.3. The van der Waals surface area contributed by atoms with Crippen LogP contribution >= 0.6 is 0 Å². The van der Waals surface area contributed by atoms with E-state index >= 15 is 0 Å². The van der Waals surface area contributed by atoms with E-state index in [2.05, 4.69) is 30.0 Å². The highest BCUT2D eigenvalue weighted by Crippen LogP contribution is 2.36. The molecule has 1 saturated heterocycles. The monoisotopic (exact) mass is 446 g/mol. The van der Waals surface area contributed by atoms with Crippen molar-refractivity contribution in [2.24, 2.45) is 0 Å². The average Bonchev–Trinajstić information content (AvgIpc) is 2.85. The van der Waals surface area contributed by atoms with Crippen LogP contribution in [0.5, 0.6) is 0 Å². The van der Waals surface area contributed by atoms with E-state index in [0.717, 1.165) is 49.3 Å². The van der Waals surface area contributed by atoms with E-state index in [9.17, 15) is 9.18 Å². The molecule has 4 nitrogen and oxygen atoms in total. The summed E-state index contributed by atoms with van der Waals surface area (Å²) < 4.78 is 18.4. The van der Waals surface area contributed by atoms with Crippen LogP contribution in [0.1, 0.15) is 41.0 Å². The van der Waals surface area contributed by atoms with Gasteiger partial charge in [-0.2, -0.15) is 0 Å². The number of likely N-dealkylation sites (tertiary alicyclic amines) is 1. The van der Waals surface area contributed by atoms with Gasteiger partial charge in [0.15, 0.2) is 0 Å². The van der Waals surface area contributed by atoms with Crippen LogP contribution in [0.4, 0.5) is 14.9 Å². The molecule has 0 aliphatic carbocycles. The fourth-order valence-corrected chi connectivity index (χ4v) is 4.62. The normalized spacial score (nSPS) is 14.8. The smallest absolute Gasteiger partial charge is 0.414 e. The molecule has 5 heteroatoms. The van der Waals surface area contributed by atoms with E-state index in [1.807, 2.05) is 42.5 Å². The lowest BCUT2D eigenvalue weighted by atomic mass is 9.87. The first kappa shape index (κ1) is 23.0. The molecule has 33 heavy (non-hydrogen) atoms. The third-order valence-electron chi connectivity index (χ3n) is 6.40. The van der Waals surface area contributed by atoms with Crippen molar-refractivity contribution in [1.29, 1.82) is 0 Å². The summed E-state index contributed by atoms with van der Waals surface area (Å²) in [5, 5.41) is 0. The van der Waals surface area contributed by atoms with Gasteiger partial charge in [-0.05, 0) is 73.7 Å². The maximum absolute atomic E-state index is 13.2. The van der Waals surface area contributed by atoms with Crippen LogP contribution < -0.4 is 4.90 Å². The summed E-state index contributed by atoms with van der Waals surface area (Å²) in [6.45, 7) is 5.32. The van der Waals surface area contributed by atoms with Crippen molar-refractivity contribution in [3.63, 3.8) is 0 Å². The Balaban J connectivity index is 1.52. The van der Waals surface area contributed by atoms with Gasteiger partial charge in [-0.25, -0.2) is 9.18 Å². The molecular formula is C28H31FN2O2. The summed E-state index contributed by atoms with van der Waals surface area (Å²) in [7, 11) is 1.43. The largest absolute Gasteiger partial charge is 0.452 e. The van der Waals surface area contributed by atoms with Gasteiger partial charge in [-0.15, -0.1) is 0 Å². The second kappa shape index (κ2) is 10.6. The molecule has 0 N–H and O–H groups in total. The van der Waals surface area contributed by atoms with E-state index in [-0.39, 0.29) is 11.9 Å². The Morgan fingerprint density at radius 3 is 2.36 bits per heavy atom. The van der Waals surface area contributed by atoms with Gasteiger partial charge < -0.3 is 4.74 Å². The molecule has 3 aromatic carbocycles. The Labute approximate surface area is 195 Å². The summed E-state index contributed by atoms with van der Waals surface area (Å²) >= 11 is 0. The number of halogens is 1. The Morgan fingerprint density at radius 1 is 1.00 bits per heavy atom. The molecule has 1 aliphatic rings. The quantitative estimate of drug-likeness (QED) is 0.446. The van der Waals surface area contributed by atoms with E-state index < -0.39 is 0 Å². The minimum Gasteiger partial charge on any atom is -0.452 e. The van der Waals surface area contributed by atoms with Crippen LogP contribution in [-0.2, 0) is 17.8 Å². The van der Waals surface area contributed by atoms with Crippen LogP contribution in [0.2, 0.25) is 0 Å². The lowest BCUT2D eigenvalue weighted by Crippen LogP contribution is -2.34. The number of rotatable bonds is 6. The molecule has 3 aromatic rings. The molecule has 0 radical (unpaired) electrons. The van der Waals surface area contributed by atoms with Gasteiger partial charge in [-0.1, -0.05) is 60.2 Å². The van der Waals surface area contributed by atoms with Crippen molar-refractivity contribution in [1.82, 2.24) is 4.90 Å². The predicted molar refractivity (Wildman–Crippen MR) is 130 cm³/mol. The molecule has 0 atom stereocenters. The van der Waals surface area contributed by atoms with Crippen molar-refractivity contribution in [2.75, 3.05) is 25.1 Å². The minimum absolute atomic E-state index is 0.199. The number of methoxy groups -OCH3 is 1. The molecule has 172 valence electrons. The number of hydrogen-bond acceptors (Lipinski definition) is 3. The predicted octanol–water partition coefficient (Wildman–Crippen LogP) is 6.29. The molecule has 0 saturated carbocycles. The number of ether oxygens (including phenoxy) is 1. The fourth-order valence-electron chi connectivity index (χ4n) is 4.62. The second-order valence-corrected chi connectivity index (χ2v) is 8.78. The molecule has 0 aromatic heterocycles. The van der Waals surface area contributed by atoms with Crippen molar-refractivity contribution in [2.45, 2.75) is 38.8 Å². The number of amides is 1. The lowest BCUT2D eigenvalue weighted by molar-refractivity contribution is 0.178. The highest BCUT2D eigenvalue weighted by molar-refractivity contribution is 5.88. The van der Waals surface area contributed by atoms with Crippen molar-refractivity contribution >= 4 is 11.8 Å². The van der Waals surface area contributed by atoms with E-state index in [1.54, 1.807) is 4.90 Å². The molecule has 1 amide bonds. The Morgan fingerprint density at radius 2 is 1.70 bits per heavy atom. The SMILES string of the molecule is COC(=O)N(Cc1ccccc1)c1ccc(C)cc1C1CCN(Cc2ccc(F)cc2)CC1. The lowest BCUT2D eigenvalue weighted by Gasteiger charge is -2.34. The summed E-state index contributed by atoms with van der Waals surface area (Å²) in [6.07, 6.45) is 1.67. The van der Waals surface area contributed by atoms with Crippen LogP contribution in [0, 0.1) is 12.7 Å². The van der Waals surface area contributed by atoms with Crippen LogP contribution in [0.15, 0.2) is 72.8 Å². The van der Waals surface area contributed by atoms with Gasteiger partial charge in [-0.3, -0.25) is 9.80 Å². The number of benzene rings is 3. The Kier molecular flexibility index (Phi) is 7.40. The third kappa shape index (κ3) is 5.79. The van der Waals surface area contributed by atoms with Crippen LogP contribution in [0.25, 0.3) is 0 Å². The van der Waals surface area contributed by atoms with Crippen molar-refractivity contribution in [3.05, 3.63) is 101 Å². The number of piperidine rings is 1. The van der Waals surface area contributed by atoms with Crippen LogP contribution in [-0.4, -0.2) is 31.2 Å². The average molecular weight is 447 g/mol. The van der Waals surface area contributed by atoms with E-state index in [0.29, 0.717) is 12.5 Å². The van der Waals surface area contributed by atoms with Gasteiger partial charge in [0.2, 0.25) is 0 Å². The van der Waals surface area contributed by atoms with Crippen LogP contribution in [0.3, 0.4) is 0 Å². The first-order valence-corrected chi connectivity index (χ1v) is 11.5. The standard InChI is InChI=1S/C28H31FN2O2/c1-21-8-13-27(31(28(32)33-2)20-22-6-4-3-5-7-22)26(18-21)24-14-16-30(17-15-24)19-23-9-11-25(29)12-10-23/h3-13,18,24H,14-17,19-20H2,1-2H3. The highest BCUT2D eigenvalue weighted by Gasteiger charge is 2.27. The number of anilines is 1. The Hall–Kier alpha value is -3.18. The molecule has 1 heterocycles. The number of aryl methyl sites for hydroxylation is 1. The summed E-state index contributed by atoms with van der Waals surface area (Å²) in [4.78, 5) is 16.9. The Bertz CT molecular complexity index is 1060. The van der Waals surface area contributed by atoms with E-state index in [1.165, 1.54) is 30.4 Å². The first-order valence-electron chi connectivity index (χ1n) is 11.5. The zero-order chi connectivity index (χ0) is 23.2. The second-order valence-electron chi connectivity index (χ2n) is 8.78. The van der Waals surface area contributed by atoms with Gasteiger partial charge in [0.1, 0.15) is 5.82 Å². The molecule has 0 spiro atoms. The van der Waals surface area contributed by atoms with Gasteiger partial charge in [0.05, 0.1) is 19.3 Å². The van der Waals surface area contributed by atoms with Gasteiger partial charge in [0.25, 0.3) is 0 Å². The molecule has 1 aliphatic heterocycles. The topological polar surface area (TPSA) is 32.8 Å². The van der Waals surface area contributed by atoms with E-state index in [4.69, 9.17) is 4.74 Å². The minimum atomic E-state index is -0.349. The maximum Gasteiger partial charge on any atom is 0.414 e. The fraction of sp³-hybridized carbons (Fsp3) is 0.321. The molecule has 0 bridgehead atoms. The molecule has 4 rings (SSSR count). The van der Waals surface area contributed by atoms with Gasteiger partial charge in [0, 0.05) is 6.54 Å². The number of nitrogens with zero attached hydrogens (tertiary/aromatic N) is 2. The zero-order valence-corrected chi connectivity index (χ0v) is 19.3. The number of carbonyl (C=O) groups excluding carboxylic acids is 1. The van der Waals surface area contributed by atoms with Crippen molar-refractivity contribution in [3.8, 4) is 0 Å². The number of carbonyl (C=O) groups is 1. The van der Waals surface area contributed by atoms with Gasteiger partial charge >= 0.3 is 6.09 Å². The molecular weight excluding hydrogens is 415 g/mol. The first-order chi connectivity index (χ1) is 16.0. The summed E-state index contributed by atoms with van der Waals surface area (Å²) in [5.74, 6) is 0.169. The number of hydrogen-bond donors (Lipinski definition) is 0. The third-order valence-corrected chi connectivity index (χ3v) is 6.40. The molecule has 0 unspecified atom stereocenters. The van der Waals surface area contributed by atoms with Crippen molar-refractivity contribution < 1.29 is 13.9 Å². The summed E-state index contributed by atoms with van der Waals surface area (Å²) in [6, 6.07) is 23.1. The summed E-state index contributed by atoms with van der Waals surface area (Å²) in [5.41, 5.74) is 5.51. The molecule has 1 fully saturated rings. The highest BCUT2D eigenvalue weighted by atomic mass is 19.1. The maximum atomic E-state index is 13.2.